The number of benzene rings is 2. The summed E-state index contributed by atoms with van der Waals surface area (Å²) in [5.74, 6) is 1.33. The Bertz CT molecular complexity index is 1220. The molecule has 2 heterocycles. The zero-order valence-electron chi connectivity index (χ0n) is 16.0. The Morgan fingerprint density at radius 2 is 1.97 bits per heavy atom. The average Bonchev–Trinajstić information content (AvgIpc) is 3.46. The predicted molar refractivity (Wildman–Crippen MR) is 120 cm³/mol. The van der Waals surface area contributed by atoms with E-state index in [1.165, 1.54) is 0 Å². The summed E-state index contributed by atoms with van der Waals surface area (Å²) in [6.45, 7) is 0.715. The van der Waals surface area contributed by atoms with E-state index in [0.29, 0.717) is 34.4 Å². The monoisotopic (exact) mass is 439 g/mol. The van der Waals surface area contributed by atoms with Crippen molar-refractivity contribution in [1.29, 1.82) is 0 Å². The van der Waals surface area contributed by atoms with Crippen LogP contribution in [0.4, 0.5) is 11.9 Å². The minimum atomic E-state index is 0.200. The van der Waals surface area contributed by atoms with Gasteiger partial charge >= 0.3 is 0 Å². The normalized spacial score (nSPS) is 13.7. The zero-order valence-corrected chi connectivity index (χ0v) is 17.5. The molecule has 2 aromatic heterocycles. The van der Waals surface area contributed by atoms with Crippen LogP contribution in [0.1, 0.15) is 18.4 Å². The number of hydrogen-bond acceptors (Lipinski definition) is 6. The van der Waals surface area contributed by atoms with Crippen molar-refractivity contribution < 1.29 is 0 Å². The van der Waals surface area contributed by atoms with Crippen molar-refractivity contribution in [2.24, 2.45) is 0 Å². The molecule has 7 nitrogen and oxygen atoms in total. The van der Waals surface area contributed by atoms with E-state index in [0.717, 1.165) is 41.3 Å². The Morgan fingerprint density at radius 1 is 1.10 bits per heavy atom. The largest absolute Gasteiger partial charge is 0.368 e. The van der Waals surface area contributed by atoms with Gasteiger partial charge in [-0.3, -0.25) is 5.10 Å². The fourth-order valence-corrected chi connectivity index (χ4v) is 3.94. The highest BCUT2D eigenvalue weighted by Crippen LogP contribution is 2.32. The number of H-pyrrole nitrogens is 1. The maximum absolute atomic E-state index is 6.37. The van der Waals surface area contributed by atoms with Crippen molar-refractivity contribution >= 4 is 46.0 Å². The van der Waals surface area contributed by atoms with E-state index < -0.39 is 0 Å². The number of nitrogens with one attached hydrogen (secondary N) is 1. The van der Waals surface area contributed by atoms with Gasteiger partial charge in [0.1, 0.15) is 0 Å². The summed E-state index contributed by atoms with van der Waals surface area (Å²) >= 11 is 12.5. The lowest BCUT2D eigenvalue weighted by atomic mass is 10.1. The lowest BCUT2D eigenvalue weighted by molar-refractivity contribution is 0.745. The molecule has 1 aliphatic rings. The smallest absolute Gasteiger partial charge is 0.230 e. The number of nitrogens with zero attached hydrogens (tertiary/aromatic N) is 5. The molecule has 1 fully saturated rings. The topological polar surface area (TPSA) is 96.6 Å². The molecule has 2 aromatic carbocycles. The first-order valence-electron chi connectivity index (χ1n) is 9.73. The Labute approximate surface area is 183 Å². The summed E-state index contributed by atoms with van der Waals surface area (Å²) in [4.78, 5) is 15.7. The van der Waals surface area contributed by atoms with Gasteiger partial charge in [-0.05, 0) is 37.0 Å². The average molecular weight is 440 g/mol. The number of nitrogen functional groups attached to an aromatic ring is 1. The van der Waals surface area contributed by atoms with Crippen LogP contribution in [0.2, 0.25) is 10.0 Å². The molecule has 0 atom stereocenters. The predicted octanol–water partition coefficient (Wildman–Crippen LogP) is 4.52. The number of halogens is 2. The Kier molecular flexibility index (Phi) is 4.92. The van der Waals surface area contributed by atoms with Crippen LogP contribution in [0.3, 0.4) is 0 Å². The van der Waals surface area contributed by atoms with Crippen LogP contribution in [-0.2, 0) is 6.42 Å². The lowest BCUT2D eigenvalue weighted by Gasteiger charge is -2.23. The Morgan fingerprint density at radius 3 is 2.80 bits per heavy atom. The summed E-state index contributed by atoms with van der Waals surface area (Å²) in [7, 11) is 0. The highest BCUT2D eigenvalue weighted by atomic mass is 35.5. The van der Waals surface area contributed by atoms with Gasteiger partial charge in [-0.2, -0.15) is 20.1 Å². The summed E-state index contributed by atoms with van der Waals surface area (Å²) in [5, 5.41) is 9.22. The van der Waals surface area contributed by atoms with Gasteiger partial charge in [0, 0.05) is 23.5 Å². The molecule has 3 N–H and O–H groups in total. The molecule has 9 heteroatoms. The molecule has 5 rings (SSSR count). The van der Waals surface area contributed by atoms with E-state index in [4.69, 9.17) is 33.9 Å². The Balaban J connectivity index is 1.45. The van der Waals surface area contributed by atoms with Gasteiger partial charge in [0.2, 0.25) is 11.9 Å². The minimum absolute atomic E-state index is 0.200. The van der Waals surface area contributed by atoms with Crippen molar-refractivity contribution in [3.05, 3.63) is 58.2 Å². The number of fused-ring (bicyclic) bond motifs is 1. The molecular weight excluding hydrogens is 421 g/mol. The SMILES string of the molecule is Nc1nc(-c2ccc3cn[nH]c3c2)nc(N(CCc2cccc(Cl)c2Cl)C2CC2)n1. The second-order valence-electron chi connectivity index (χ2n) is 7.38. The van der Waals surface area contributed by atoms with Crippen molar-refractivity contribution in [2.45, 2.75) is 25.3 Å². The van der Waals surface area contributed by atoms with Crippen molar-refractivity contribution in [1.82, 2.24) is 25.1 Å². The molecule has 152 valence electrons. The van der Waals surface area contributed by atoms with E-state index in [-0.39, 0.29) is 5.95 Å². The first-order valence-corrected chi connectivity index (χ1v) is 10.5. The standard InChI is InChI=1S/C21H19Cl2N7/c22-16-3-1-2-12(18(16)23)8-9-30(15-6-7-15)21-27-19(26-20(24)28-21)13-4-5-14-11-25-29-17(14)10-13/h1-5,10-11,15H,6-9H2,(H,25,29)(H2,24,26,27,28). The molecule has 1 saturated carbocycles. The van der Waals surface area contributed by atoms with Crippen LogP contribution in [0.15, 0.2) is 42.6 Å². The van der Waals surface area contributed by atoms with Gasteiger partial charge in [-0.15, -0.1) is 0 Å². The van der Waals surface area contributed by atoms with Gasteiger partial charge in [-0.1, -0.05) is 47.5 Å². The molecule has 0 amide bonds. The van der Waals surface area contributed by atoms with Crippen LogP contribution >= 0.6 is 23.2 Å². The first kappa shape index (κ1) is 19.1. The van der Waals surface area contributed by atoms with Crippen LogP contribution in [-0.4, -0.2) is 37.7 Å². The third-order valence-electron chi connectivity index (χ3n) is 5.24. The van der Waals surface area contributed by atoms with Gasteiger partial charge in [0.05, 0.1) is 21.8 Å². The van der Waals surface area contributed by atoms with Crippen molar-refractivity contribution in [3.63, 3.8) is 0 Å². The van der Waals surface area contributed by atoms with Gasteiger partial charge in [0.15, 0.2) is 5.82 Å². The van der Waals surface area contributed by atoms with Gasteiger partial charge < -0.3 is 10.6 Å². The zero-order chi connectivity index (χ0) is 20.7. The number of hydrogen-bond donors (Lipinski definition) is 2. The highest BCUT2D eigenvalue weighted by molar-refractivity contribution is 6.42. The number of anilines is 2. The number of rotatable bonds is 6. The maximum atomic E-state index is 6.37. The van der Waals surface area contributed by atoms with Gasteiger partial charge in [-0.25, -0.2) is 0 Å². The third-order valence-corrected chi connectivity index (χ3v) is 6.10. The fourth-order valence-electron chi connectivity index (χ4n) is 3.53. The van der Waals surface area contributed by atoms with Crippen LogP contribution in [0, 0.1) is 0 Å². The van der Waals surface area contributed by atoms with E-state index >= 15 is 0 Å². The quantitative estimate of drug-likeness (QED) is 0.458. The highest BCUT2D eigenvalue weighted by Gasteiger charge is 2.31. The molecule has 0 spiro atoms. The molecule has 0 aliphatic heterocycles. The first-order chi connectivity index (χ1) is 14.6. The molecule has 0 radical (unpaired) electrons. The van der Waals surface area contributed by atoms with Crippen LogP contribution in [0.25, 0.3) is 22.3 Å². The van der Waals surface area contributed by atoms with E-state index in [1.54, 1.807) is 12.3 Å². The van der Waals surface area contributed by atoms with Gasteiger partial charge in [0.25, 0.3) is 0 Å². The number of aromatic amines is 1. The molecule has 30 heavy (non-hydrogen) atoms. The van der Waals surface area contributed by atoms with Crippen molar-refractivity contribution in [2.75, 3.05) is 17.2 Å². The third kappa shape index (κ3) is 3.78. The second kappa shape index (κ2) is 7.74. The molecule has 1 aliphatic carbocycles. The van der Waals surface area contributed by atoms with Crippen LogP contribution in [0.5, 0.6) is 0 Å². The molecule has 4 aromatic rings. The molecule has 0 unspecified atom stereocenters. The number of nitrogens with two attached hydrogens (primary N) is 1. The molecular formula is C21H19Cl2N7. The van der Waals surface area contributed by atoms with E-state index in [9.17, 15) is 0 Å². The second-order valence-corrected chi connectivity index (χ2v) is 8.16. The maximum Gasteiger partial charge on any atom is 0.230 e. The summed E-state index contributed by atoms with van der Waals surface area (Å²) in [6.07, 6.45) is 4.72. The lowest BCUT2D eigenvalue weighted by Crippen LogP contribution is -2.30. The van der Waals surface area contributed by atoms with Crippen LogP contribution < -0.4 is 10.6 Å². The summed E-state index contributed by atoms with van der Waals surface area (Å²) in [5.41, 5.74) is 8.83. The fraction of sp³-hybridized carbons (Fsp3) is 0.238. The summed E-state index contributed by atoms with van der Waals surface area (Å²) < 4.78 is 0. The van der Waals surface area contributed by atoms with E-state index in [1.807, 2.05) is 30.3 Å². The Hall–Kier alpha value is -2.90. The summed E-state index contributed by atoms with van der Waals surface area (Å²) in [6, 6.07) is 12.0. The molecule has 0 bridgehead atoms. The van der Waals surface area contributed by atoms with Crippen molar-refractivity contribution in [3.8, 4) is 11.4 Å². The number of aromatic nitrogens is 5. The molecule has 0 saturated heterocycles. The van der Waals surface area contributed by atoms with E-state index in [2.05, 4.69) is 25.1 Å². The minimum Gasteiger partial charge on any atom is -0.368 e.